The Morgan fingerprint density at radius 3 is 2.57 bits per heavy atom. The second-order valence-electron chi connectivity index (χ2n) is 4.06. The Kier molecular flexibility index (Phi) is 4.61. The molecule has 0 atom stereocenters. The molecule has 1 aromatic carbocycles. The van der Waals surface area contributed by atoms with E-state index < -0.39 is 10.0 Å². The average Bonchev–Trinajstić information content (AvgIpc) is 2.49. The van der Waals surface area contributed by atoms with Gasteiger partial charge in [-0.05, 0) is 43.3 Å². The molecule has 0 aliphatic rings. The SMILES string of the molecule is CCOc1ccc(NS(=O)(=O)c2ncccc2NN)cc1. The molecule has 0 spiro atoms. The van der Waals surface area contributed by atoms with E-state index in [4.69, 9.17) is 10.6 Å². The molecular weight excluding hydrogens is 292 g/mol. The molecule has 0 fully saturated rings. The van der Waals surface area contributed by atoms with Crippen molar-refractivity contribution in [2.24, 2.45) is 5.84 Å². The van der Waals surface area contributed by atoms with E-state index in [0.29, 0.717) is 18.0 Å². The van der Waals surface area contributed by atoms with E-state index in [1.807, 2.05) is 6.92 Å². The van der Waals surface area contributed by atoms with Crippen molar-refractivity contribution >= 4 is 21.4 Å². The van der Waals surface area contributed by atoms with Crippen LogP contribution in [0.3, 0.4) is 0 Å². The van der Waals surface area contributed by atoms with Crippen LogP contribution in [0.5, 0.6) is 5.75 Å². The van der Waals surface area contributed by atoms with Gasteiger partial charge in [0.15, 0.2) is 0 Å². The molecule has 0 saturated carbocycles. The maximum Gasteiger partial charge on any atom is 0.281 e. The number of rotatable bonds is 6. The summed E-state index contributed by atoms with van der Waals surface area (Å²) in [5.74, 6) is 5.96. The number of nitrogens with zero attached hydrogens (tertiary/aromatic N) is 1. The summed E-state index contributed by atoms with van der Waals surface area (Å²) in [5, 5.41) is -0.165. The monoisotopic (exact) mass is 308 g/mol. The van der Waals surface area contributed by atoms with Crippen molar-refractivity contribution in [2.45, 2.75) is 11.9 Å². The fourth-order valence-electron chi connectivity index (χ4n) is 1.70. The number of hydrazine groups is 1. The van der Waals surface area contributed by atoms with E-state index in [1.165, 1.54) is 12.3 Å². The summed E-state index contributed by atoms with van der Waals surface area (Å²) < 4.78 is 32.3. The first kappa shape index (κ1) is 15.1. The van der Waals surface area contributed by atoms with Gasteiger partial charge in [-0.25, -0.2) is 4.98 Å². The number of nitrogens with two attached hydrogens (primary N) is 1. The number of benzene rings is 1. The van der Waals surface area contributed by atoms with Crippen molar-refractivity contribution in [2.75, 3.05) is 16.8 Å². The van der Waals surface area contributed by atoms with Gasteiger partial charge in [0, 0.05) is 11.9 Å². The summed E-state index contributed by atoms with van der Waals surface area (Å²) in [6.45, 7) is 2.42. The Bertz CT molecular complexity index is 702. The number of pyridine rings is 1. The molecule has 21 heavy (non-hydrogen) atoms. The van der Waals surface area contributed by atoms with Gasteiger partial charge in [-0.15, -0.1) is 0 Å². The molecule has 0 amide bonds. The van der Waals surface area contributed by atoms with E-state index >= 15 is 0 Å². The molecule has 0 bridgehead atoms. The minimum atomic E-state index is -3.83. The van der Waals surface area contributed by atoms with Crippen molar-refractivity contribution < 1.29 is 13.2 Å². The van der Waals surface area contributed by atoms with Crippen LogP contribution in [0.1, 0.15) is 6.92 Å². The first-order valence-corrected chi connectivity index (χ1v) is 7.72. The zero-order chi connectivity index (χ0) is 15.3. The Morgan fingerprint density at radius 2 is 1.95 bits per heavy atom. The molecule has 2 rings (SSSR count). The predicted molar refractivity (Wildman–Crippen MR) is 80.5 cm³/mol. The third kappa shape index (κ3) is 3.61. The third-order valence-electron chi connectivity index (χ3n) is 2.60. The van der Waals surface area contributed by atoms with E-state index in [1.54, 1.807) is 30.3 Å². The fourth-order valence-corrected chi connectivity index (χ4v) is 2.86. The number of sulfonamides is 1. The smallest absolute Gasteiger partial charge is 0.281 e. The number of nitrogens with one attached hydrogen (secondary N) is 2. The zero-order valence-corrected chi connectivity index (χ0v) is 12.2. The first-order chi connectivity index (χ1) is 10.1. The van der Waals surface area contributed by atoms with Crippen LogP contribution in [0.25, 0.3) is 0 Å². The van der Waals surface area contributed by atoms with Crippen LogP contribution < -0.4 is 20.7 Å². The van der Waals surface area contributed by atoms with Gasteiger partial charge in [0.1, 0.15) is 5.75 Å². The van der Waals surface area contributed by atoms with Crippen LogP contribution in [-0.2, 0) is 10.0 Å². The maximum absolute atomic E-state index is 12.3. The number of anilines is 2. The van der Waals surface area contributed by atoms with Crippen molar-refractivity contribution in [3.63, 3.8) is 0 Å². The van der Waals surface area contributed by atoms with Crippen LogP contribution in [0.2, 0.25) is 0 Å². The summed E-state index contributed by atoms with van der Waals surface area (Å²) >= 11 is 0. The topological polar surface area (TPSA) is 106 Å². The van der Waals surface area contributed by atoms with Crippen LogP contribution in [0, 0.1) is 0 Å². The summed E-state index contributed by atoms with van der Waals surface area (Å²) in [7, 11) is -3.83. The van der Waals surface area contributed by atoms with Gasteiger partial charge in [0.05, 0.1) is 12.3 Å². The summed E-state index contributed by atoms with van der Waals surface area (Å²) in [5.41, 5.74) is 2.94. The average molecular weight is 308 g/mol. The molecule has 1 heterocycles. The molecular formula is C13H16N4O3S. The quantitative estimate of drug-likeness (QED) is 0.552. The molecule has 0 aliphatic heterocycles. The number of aromatic nitrogens is 1. The standard InChI is InChI=1S/C13H16N4O3S/c1-2-20-11-7-5-10(6-8-11)17-21(18,19)13-12(16-14)4-3-9-15-13/h3-9,16-17H,2,14H2,1H3. The van der Waals surface area contributed by atoms with Crippen molar-refractivity contribution in [3.05, 3.63) is 42.6 Å². The summed E-state index contributed by atoms with van der Waals surface area (Å²) in [4.78, 5) is 3.85. The molecule has 0 unspecified atom stereocenters. The fraction of sp³-hybridized carbons (Fsp3) is 0.154. The Balaban J connectivity index is 2.24. The molecule has 1 aromatic heterocycles. The number of nitrogen functional groups attached to an aromatic ring is 1. The van der Waals surface area contributed by atoms with E-state index in [9.17, 15) is 8.42 Å². The molecule has 8 heteroatoms. The van der Waals surface area contributed by atoms with Gasteiger partial charge < -0.3 is 10.2 Å². The largest absolute Gasteiger partial charge is 0.494 e. The van der Waals surface area contributed by atoms with Crippen LogP contribution in [0.4, 0.5) is 11.4 Å². The van der Waals surface area contributed by atoms with Crippen molar-refractivity contribution in [1.82, 2.24) is 4.98 Å². The minimum Gasteiger partial charge on any atom is -0.494 e. The van der Waals surface area contributed by atoms with Gasteiger partial charge in [-0.3, -0.25) is 10.6 Å². The number of hydrogen-bond acceptors (Lipinski definition) is 6. The molecule has 112 valence electrons. The van der Waals surface area contributed by atoms with Gasteiger partial charge >= 0.3 is 0 Å². The minimum absolute atomic E-state index is 0.165. The molecule has 4 N–H and O–H groups in total. The summed E-state index contributed by atoms with van der Waals surface area (Å²) in [6, 6.07) is 9.71. The highest BCUT2D eigenvalue weighted by Crippen LogP contribution is 2.22. The Morgan fingerprint density at radius 1 is 1.24 bits per heavy atom. The zero-order valence-electron chi connectivity index (χ0n) is 11.4. The normalized spacial score (nSPS) is 11.0. The summed E-state index contributed by atoms with van der Waals surface area (Å²) in [6.07, 6.45) is 1.38. The van der Waals surface area contributed by atoms with E-state index in [2.05, 4.69) is 15.1 Å². The van der Waals surface area contributed by atoms with Crippen LogP contribution in [-0.4, -0.2) is 20.0 Å². The highest BCUT2D eigenvalue weighted by atomic mass is 32.2. The molecule has 7 nitrogen and oxygen atoms in total. The molecule has 0 radical (unpaired) electrons. The van der Waals surface area contributed by atoms with E-state index in [0.717, 1.165) is 0 Å². The lowest BCUT2D eigenvalue weighted by Crippen LogP contribution is -2.18. The lowest BCUT2D eigenvalue weighted by Gasteiger charge is -2.11. The lowest BCUT2D eigenvalue weighted by molar-refractivity contribution is 0.340. The van der Waals surface area contributed by atoms with Crippen molar-refractivity contribution in [3.8, 4) is 5.75 Å². The van der Waals surface area contributed by atoms with Gasteiger partial charge in [-0.1, -0.05) is 0 Å². The second kappa shape index (κ2) is 6.42. The lowest BCUT2D eigenvalue weighted by atomic mass is 10.3. The highest BCUT2D eigenvalue weighted by Gasteiger charge is 2.19. The Labute approximate surface area is 123 Å². The molecule has 0 aliphatic carbocycles. The van der Waals surface area contributed by atoms with Gasteiger partial charge in [0.2, 0.25) is 5.03 Å². The van der Waals surface area contributed by atoms with Gasteiger partial charge in [0.25, 0.3) is 10.0 Å². The van der Waals surface area contributed by atoms with Crippen LogP contribution in [0.15, 0.2) is 47.6 Å². The van der Waals surface area contributed by atoms with E-state index in [-0.39, 0.29) is 10.7 Å². The Hall–Kier alpha value is -2.32. The highest BCUT2D eigenvalue weighted by molar-refractivity contribution is 7.92. The second-order valence-corrected chi connectivity index (χ2v) is 5.66. The number of hydrogen-bond donors (Lipinski definition) is 3. The van der Waals surface area contributed by atoms with Crippen molar-refractivity contribution in [1.29, 1.82) is 0 Å². The molecule has 0 saturated heterocycles. The third-order valence-corrected chi connectivity index (χ3v) is 3.94. The molecule has 2 aromatic rings. The predicted octanol–water partition coefficient (Wildman–Crippen LogP) is 1.57. The van der Waals surface area contributed by atoms with Gasteiger partial charge in [-0.2, -0.15) is 8.42 Å². The first-order valence-electron chi connectivity index (χ1n) is 6.24. The number of ether oxygens (including phenoxy) is 1. The maximum atomic E-state index is 12.3. The van der Waals surface area contributed by atoms with Crippen LogP contribution >= 0.6 is 0 Å².